The maximum absolute atomic E-state index is 13.0. The smallest absolute Gasteiger partial charge is 0.134 e. The Hall–Kier alpha value is -1.88. The van der Waals surface area contributed by atoms with Gasteiger partial charge in [-0.05, 0) is 44.5 Å². The Morgan fingerprint density at radius 3 is 2.50 bits per heavy atom. The maximum Gasteiger partial charge on any atom is 0.134 e. The van der Waals surface area contributed by atoms with Gasteiger partial charge in [-0.25, -0.2) is 4.39 Å². The number of anilines is 2. The first-order valence-corrected chi connectivity index (χ1v) is 6.67. The van der Waals surface area contributed by atoms with E-state index in [0.29, 0.717) is 0 Å². The molecule has 0 radical (unpaired) electrons. The van der Waals surface area contributed by atoms with Crippen molar-refractivity contribution in [3.63, 3.8) is 0 Å². The number of nitrogens with two attached hydrogens (primary N) is 1. The van der Waals surface area contributed by atoms with E-state index in [1.54, 1.807) is 12.1 Å². The van der Waals surface area contributed by atoms with Crippen LogP contribution < -0.4 is 10.6 Å². The van der Waals surface area contributed by atoms with E-state index in [2.05, 4.69) is 5.10 Å². The maximum atomic E-state index is 13.0. The van der Waals surface area contributed by atoms with Gasteiger partial charge in [-0.15, -0.1) is 0 Å². The topological polar surface area (TPSA) is 47.1 Å². The van der Waals surface area contributed by atoms with E-state index in [4.69, 9.17) is 5.73 Å². The van der Waals surface area contributed by atoms with Gasteiger partial charge in [-0.3, -0.25) is 4.68 Å². The summed E-state index contributed by atoms with van der Waals surface area (Å²) in [6.45, 7) is 3.97. The van der Waals surface area contributed by atoms with Gasteiger partial charge in [-0.2, -0.15) is 5.10 Å². The molecule has 5 heteroatoms. The van der Waals surface area contributed by atoms with Crippen molar-refractivity contribution in [3.8, 4) is 0 Å². The number of rotatable bonds is 4. The predicted molar refractivity (Wildman–Crippen MR) is 79.8 cm³/mol. The van der Waals surface area contributed by atoms with E-state index in [0.717, 1.165) is 29.2 Å². The molecule has 0 spiro atoms. The minimum Gasteiger partial charge on any atom is -0.329 e. The van der Waals surface area contributed by atoms with Gasteiger partial charge >= 0.3 is 0 Å². The lowest BCUT2D eigenvalue weighted by Crippen LogP contribution is -2.21. The third-order valence-corrected chi connectivity index (χ3v) is 3.37. The molecule has 1 unspecified atom stereocenters. The zero-order valence-corrected chi connectivity index (χ0v) is 12.4. The van der Waals surface area contributed by atoms with Crippen molar-refractivity contribution >= 4 is 11.5 Å². The van der Waals surface area contributed by atoms with E-state index >= 15 is 0 Å². The average molecular weight is 276 g/mol. The van der Waals surface area contributed by atoms with Gasteiger partial charge in [0.2, 0.25) is 0 Å². The van der Waals surface area contributed by atoms with Crippen LogP contribution in [0.15, 0.2) is 24.3 Å². The summed E-state index contributed by atoms with van der Waals surface area (Å²) in [5.41, 5.74) is 8.96. The molecule has 4 nitrogen and oxygen atoms in total. The molecule has 0 aliphatic heterocycles. The normalized spacial score (nSPS) is 12.5. The van der Waals surface area contributed by atoms with Crippen LogP contribution in [0.4, 0.5) is 15.9 Å². The number of hydrogen-bond donors (Lipinski definition) is 1. The van der Waals surface area contributed by atoms with Crippen molar-refractivity contribution in [1.29, 1.82) is 0 Å². The van der Waals surface area contributed by atoms with E-state index in [-0.39, 0.29) is 11.9 Å². The number of halogens is 1. The van der Waals surface area contributed by atoms with Crippen molar-refractivity contribution in [3.05, 3.63) is 41.3 Å². The lowest BCUT2D eigenvalue weighted by Gasteiger charge is -2.22. The lowest BCUT2D eigenvalue weighted by atomic mass is 10.1. The van der Waals surface area contributed by atoms with Gasteiger partial charge in [0.05, 0.1) is 5.69 Å². The SMILES string of the molecule is Cc1nn(C)c(N(C)c2ccc(F)cc2)c1CC(C)N. The van der Waals surface area contributed by atoms with Crippen molar-refractivity contribution in [2.24, 2.45) is 12.8 Å². The lowest BCUT2D eigenvalue weighted by molar-refractivity contribution is 0.628. The summed E-state index contributed by atoms with van der Waals surface area (Å²) in [5, 5.41) is 4.47. The molecule has 0 aliphatic carbocycles. The van der Waals surface area contributed by atoms with Crippen molar-refractivity contribution in [2.45, 2.75) is 26.3 Å². The van der Waals surface area contributed by atoms with Gasteiger partial charge < -0.3 is 10.6 Å². The fourth-order valence-electron chi connectivity index (χ4n) is 2.46. The zero-order valence-electron chi connectivity index (χ0n) is 12.4. The number of nitrogens with zero attached hydrogens (tertiary/aromatic N) is 3. The molecular formula is C15H21FN4. The molecule has 2 aromatic rings. The molecule has 0 amide bonds. The summed E-state index contributed by atoms with van der Waals surface area (Å²) in [6, 6.07) is 6.50. The summed E-state index contributed by atoms with van der Waals surface area (Å²) in [4.78, 5) is 2.01. The number of aromatic nitrogens is 2. The second kappa shape index (κ2) is 5.63. The van der Waals surface area contributed by atoms with Gasteiger partial charge in [0.1, 0.15) is 11.6 Å². The fourth-order valence-corrected chi connectivity index (χ4v) is 2.46. The van der Waals surface area contributed by atoms with Crippen LogP contribution in [-0.4, -0.2) is 22.9 Å². The second-order valence-electron chi connectivity index (χ2n) is 5.23. The molecule has 1 aromatic heterocycles. The highest BCUT2D eigenvalue weighted by molar-refractivity contribution is 5.63. The van der Waals surface area contributed by atoms with E-state index < -0.39 is 0 Å². The van der Waals surface area contributed by atoms with Crippen LogP contribution in [0.3, 0.4) is 0 Å². The summed E-state index contributed by atoms with van der Waals surface area (Å²) < 4.78 is 14.9. The summed E-state index contributed by atoms with van der Waals surface area (Å²) in [5.74, 6) is 0.755. The number of benzene rings is 1. The Balaban J connectivity index is 2.43. The van der Waals surface area contributed by atoms with Crippen LogP contribution in [0, 0.1) is 12.7 Å². The molecule has 0 fully saturated rings. The molecule has 0 aliphatic rings. The summed E-state index contributed by atoms with van der Waals surface area (Å²) in [7, 11) is 3.86. The quantitative estimate of drug-likeness (QED) is 0.933. The second-order valence-corrected chi connectivity index (χ2v) is 5.23. The van der Waals surface area contributed by atoms with Crippen LogP contribution in [-0.2, 0) is 13.5 Å². The Kier molecular flexibility index (Phi) is 4.09. The standard InChI is InChI=1S/C15H21FN4/c1-10(17)9-14-11(2)18-20(4)15(14)19(3)13-7-5-12(16)6-8-13/h5-8,10H,9,17H2,1-4H3. The molecule has 0 saturated carbocycles. The van der Waals surface area contributed by atoms with E-state index in [1.807, 2.05) is 37.5 Å². The molecule has 1 aromatic carbocycles. The first-order valence-electron chi connectivity index (χ1n) is 6.67. The Morgan fingerprint density at radius 1 is 1.35 bits per heavy atom. The molecular weight excluding hydrogens is 255 g/mol. The summed E-state index contributed by atoms with van der Waals surface area (Å²) in [6.07, 6.45) is 0.764. The molecule has 1 heterocycles. The molecule has 0 bridgehead atoms. The first kappa shape index (κ1) is 14.5. The average Bonchev–Trinajstić information content (AvgIpc) is 2.64. The van der Waals surface area contributed by atoms with Gasteiger partial charge in [0.15, 0.2) is 0 Å². The highest BCUT2D eigenvalue weighted by Crippen LogP contribution is 2.29. The van der Waals surface area contributed by atoms with Crippen molar-refractivity contribution < 1.29 is 4.39 Å². The van der Waals surface area contributed by atoms with Crippen LogP contribution in [0.2, 0.25) is 0 Å². The summed E-state index contributed by atoms with van der Waals surface area (Å²) >= 11 is 0. The number of aryl methyl sites for hydroxylation is 2. The highest BCUT2D eigenvalue weighted by atomic mass is 19.1. The monoisotopic (exact) mass is 276 g/mol. The molecule has 0 saturated heterocycles. The molecule has 20 heavy (non-hydrogen) atoms. The third-order valence-electron chi connectivity index (χ3n) is 3.37. The van der Waals surface area contributed by atoms with E-state index in [9.17, 15) is 4.39 Å². The molecule has 2 rings (SSSR count). The fraction of sp³-hybridized carbons (Fsp3) is 0.400. The van der Waals surface area contributed by atoms with Crippen molar-refractivity contribution in [2.75, 3.05) is 11.9 Å². The van der Waals surface area contributed by atoms with Gasteiger partial charge in [0.25, 0.3) is 0 Å². The van der Waals surface area contributed by atoms with Crippen LogP contribution in [0.5, 0.6) is 0 Å². The van der Waals surface area contributed by atoms with Gasteiger partial charge in [0, 0.05) is 31.4 Å². The minimum atomic E-state index is -0.237. The molecule has 2 N–H and O–H groups in total. The Bertz CT molecular complexity index is 587. The first-order chi connectivity index (χ1) is 9.40. The molecule has 108 valence electrons. The van der Waals surface area contributed by atoms with Crippen LogP contribution >= 0.6 is 0 Å². The van der Waals surface area contributed by atoms with Crippen LogP contribution in [0.25, 0.3) is 0 Å². The van der Waals surface area contributed by atoms with Crippen LogP contribution in [0.1, 0.15) is 18.2 Å². The minimum absolute atomic E-state index is 0.0678. The largest absolute Gasteiger partial charge is 0.329 e. The predicted octanol–water partition coefficient (Wildman–Crippen LogP) is 2.53. The van der Waals surface area contributed by atoms with Gasteiger partial charge in [-0.1, -0.05) is 0 Å². The number of hydrogen-bond acceptors (Lipinski definition) is 3. The Labute approximate surface area is 119 Å². The highest BCUT2D eigenvalue weighted by Gasteiger charge is 2.18. The third kappa shape index (κ3) is 2.82. The molecule has 1 atom stereocenters. The van der Waals surface area contributed by atoms with E-state index in [1.165, 1.54) is 12.1 Å². The van der Waals surface area contributed by atoms with Crippen molar-refractivity contribution in [1.82, 2.24) is 9.78 Å². The zero-order chi connectivity index (χ0) is 14.9. The Morgan fingerprint density at radius 2 is 1.95 bits per heavy atom.